The molecule has 5 nitrogen and oxygen atoms in total. The van der Waals surface area contributed by atoms with Crippen molar-refractivity contribution >= 4 is 22.8 Å². The molecule has 1 aliphatic heterocycles. The summed E-state index contributed by atoms with van der Waals surface area (Å²) in [6.45, 7) is 7.71. The van der Waals surface area contributed by atoms with Crippen molar-refractivity contribution in [1.82, 2.24) is 14.5 Å². The lowest BCUT2D eigenvalue weighted by molar-refractivity contribution is 0.201. The summed E-state index contributed by atoms with van der Waals surface area (Å²) in [7, 11) is 0. The van der Waals surface area contributed by atoms with Gasteiger partial charge >= 0.3 is 6.03 Å². The molecule has 0 spiro atoms. The van der Waals surface area contributed by atoms with E-state index in [0.29, 0.717) is 0 Å². The van der Waals surface area contributed by atoms with Crippen molar-refractivity contribution in [1.29, 1.82) is 0 Å². The van der Waals surface area contributed by atoms with Gasteiger partial charge in [-0.25, -0.2) is 9.78 Å². The number of nitrogens with zero attached hydrogens (tertiary/aromatic N) is 3. The third kappa shape index (κ3) is 3.42. The van der Waals surface area contributed by atoms with Gasteiger partial charge in [0.15, 0.2) is 0 Å². The second-order valence-electron chi connectivity index (χ2n) is 7.50. The molecule has 27 heavy (non-hydrogen) atoms. The maximum atomic E-state index is 12.9. The van der Waals surface area contributed by atoms with Gasteiger partial charge in [0, 0.05) is 18.8 Å². The van der Waals surface area contributed by atoms with E-state index in [0.717, 1.165) is 54.0 Å². The van der Waals surface area contributed by atoms with E-state index in [1.165, 1.54) is 5.56 Å². The fourth-order valence-electron chi connectivity index (χ4n) is 4.07. The number of rotatable bonds is 3. The number of nitrogens with one attached hydrogen (secondary N) is 1. The first-order valence-corrected chi connectivity index (χ1v) is 9.59. The van der Waals surface area contributed by atoms with Crippen molar-refractivity contribution in [2.75, 3.05) is 11.9 Å². The van der Waals surface area contributed by atoms with Crippen LogP contribution in [0.4, 0.5) is 10.5 Å². The molecule has 5 heteroatoms. The van der Waals surface area contributed by atoms with Crippen LogP contribution in [0.25, 0.3) is 11.0 Å². The number of hydrogen-bond acceptors (Lipinski definition) is 2. The highest BCUT2D eigenvalue weighted by atomic mass is 16.2. The van der Waals surface area contributed by atoms with E-state index in [9.17, 15) is 4.79 Å². The highest BCUT2D eigenvalue weighted by Gasteiger charge is 2.30. The largest absolute Gasteiger partial charge is 0.326 e. The topological polar surface area (TPSA) is 50.2 Å². The molecule has 0 saturated carbocycles. The van der Waals surface area contributed by atoms with Gasteiger partial charge in [0.25, 0.3) is 0 Å². The third-order valence-electron chi connectivity index (χ3n) is 5.50. The van der Waals surface area contributed by atoms with E-state index >= 15 is 0 Å². The molecule has 0 unspecified atom stereocenters. The summed E-state index contributed by atoms with van der Waals surface area (Å²) < 4.78 is 2.24. The SMILES string of the molecule is Cc1ccc(NC(=O)N2CCC[C@H]2Cn2c(C)nc3ccccc32)c(C)c1. The molecule has 4 rings (SSSR count). The number of aromatic nitrogens is 2. The summed E-state index contributed by atoms with van der Waals surface area (Å²) in [4.78, 5) is 19.6. The number of fused-ring (bicyclic) bond motifs is 1. The van der Waals surface area contributed by atoms with Gasteiger partial charge in [-0.15, -0.1) is 0 Å². The Labute approximate surface area is 160 Å². The Morgan fingerprint density at radius 1 is 1.19 bits per heavy atom. The molecule has 1 saturated heterocycles. The molecule has 0 bridgehead atoms. The molecule has 1 aliphatic rings. The van der Waals surface area contributed by atoms with E-state index in [-0.39, 0.29) is 12.1 Å². The Hall–Kier alpha value is -2.82. The molecule has 0 radical (unpaired) electrons. The molecule has 140 valence electrons. The smallest absolute Gasteiger partial charge is 0.322 e. The minimum Gasteiger partial charge on any atom is -0.326 e. The first kappa shape index (κ1) is 17.6. The van der Waals surface area contributed by atoms with Crippen LogP contribution < -0.4 is 5.32 Å². The lowest BCUT2D eigenvalue weighted by Gasteiger charge is -2.26. The maximum Gasteiger partial charge on any atom is 0.322 e. The molecule has 2 aromatic carbocycles. The first-order chi connectivity index (χ1) is 13.0. The average molecular weight is 362 g/mol. The lowest BCUT2D eigenvalue weighted by Crippen LogP contribution is -2.41. The summed E-state index contributed by atoms with van der Waals surface area (Å²) in [5, 5.41) is 3.10. The van der Waals surface area contributed by atoms with Crippen LogP contribution in [-0.2, 0) is 6.54 Å². The summed E-state index contributed by atoms with van der Waals surface area (Å²) in [5.74, 6) is 0.998. The molecule has 2 amide bonds. The van der Waals surface area contributed by atoms with E-state index in [1.54, 1.807) is 0 Å². The predicted octanol–water partition coefficient (Wildman–Crippen LogP) is 4.66. The molecule has 3 aromatic rings. The second kappa shape index (κ2) is 7.06. The average Bonchev–Trinajstić information content (AvgIpc) is 3.23. The Balaban J connectivity index is 1.53. The Bertz CT molecular complexity index is 991. The van der Waals surface area contributed by atoms with Gasteiger partial charge in [-0.05, 0) is 57.4 Å². The van der Waals surface area contributed by atoms with Crippen LogP contribution in [0, 0.1) is 20.8 Å². The van der Waals surface area contributed by atoms with Gasteiger partial charge in [-0.1, -0.05) is 29.8 Å². The number of aryl methyl sites for hydroxylation is 3. The van der Waals surface area contributed by atoms with Gasteiger partial charge in [-0.3, -0.25) is 0 Å². The maximum absolute atomic E-state index is 12.9. The second-order valence-corrected chi connectivity index (χ2v) is 7.50. The number of carbonyl (C=O) groups excluding carboxylic acids is 1. The van der Waals surface area contributed by atoms with Crippen LogP contribution in [0.1, 0.15) is 29.8 Å². The molecule has 1 fully saturated rings. The van der Waals surface area contributed by atoms with E-state index in [2.05, 4.69) is 33.9 Å². The normalized spacial score (nSPS) is 16.9. The number of benzene rings is 2. The van der Waals surface area contributed by atoms with Crippen molar-refractivity contribution in [2.45, 2.75) is 46.2 Å². The molecule has 1 aromatic heterocycles. The van der Waals surface area contributed by atoms with Gasteiger partial charge in [0.2, 0.25) is 0 Å². The number of anilines is 1. The van der Waals surface area contributed by atoms with Gasteiger partial charge in [0.1, 0.15) is 5.82 Å². The summed E-state index contributed by atoms with van der Waals surface area (Å²) in [5.41, 5.74) is 5.33. The zero-order valence-electron chi connectivity index (χ0n) is 16.2. The quantitative estimate of drug-likeness (QED) is 0.737. The lowest BCUT2D eigenvalue weighted by atomic mass is 10.1. The van der Waals surface area contributed by atoms with Crippen LogP contribution in [0.3, 0.4) is 0 Å². The fourth-order valence-corrected chi connectivity index (χ4v) is 4.07. The van der Waals surface area contributed by atoms with E-state index in [4.69, 9.17) is 0 Å². The van der Waals surface area contributed by atoms with E-state index < -0.39 is 0 Å². The monoisotopic (exact) mass is 362 g/mol. The Morgan fingerprint density at radius 2 is 2.00 bits per heavy atom. The molecular weight excluding hydrogens is 336 g/mol. The number of likely N-dealkylation sites (tertiary alicyclic amines) is 1. The van der Waals surface area contributed by atoms with Crippen molar-refractivity contribution < 1.29 is 4.79 Å². The Kier molecular flexibility index (Phi) is 4.60. The van der Waals surface area contributed by atoms with E-state index in [1.807, 2.05) is 49.1 Å². The zero-order chi connectivity index (χ0) is 19.0. The highest BCUT2D eigenvalue weighted by molar-refractivity contribution is 5.90. The number of carbonyl (C=O) groups is 1. The van der Waals surface area contributed by atoms with Crippen LogP contribution >= 0.6 is 0 Å². The zero-order valence-corrected chi connectivity index (χ0v) is 16.2. The Morgan fingerprint density at radius 3 is 2.81 bits per heavy atom. The van der Waals surface area contributed by atoms with Crippen LogP contribution in [-0.4, -0.2) is 33.1 Å². The number of urea groups is 1. The first-order valence-electron chi connectivity index (χ1n) is 9.59. The summed E-state index contributed by atoms with van der Waals surface area (Å²) in [6.07, 6.45) is 2.06. The number of imidazole rings is 1. The molecule has 1 atom stereocenters. The minimum atomic E-state index is -0.00785. The minimum absolute atomic E-state index is 0.00785. The van der Waals surface area contributed by atoms with Gasteiger partial charge in [0.05, 0.1) is 17.1 Å². The van der Waals surface area contributed by atoms with Crippen LogP contribution in [0.5, 0.6) is 0 Å². The van der Waals surface area contributed by atoms with Crippen LogP contribution in [0.2, 0.25) is 0 Å². The standard InChI is InChI=1S/C22H26N4O/c1-15-10-11-19(16(2)13-15)24-22(27)25-12-6-7-18(25)14-26-17(3)23-20-8-4-5-9-21(20)26/h4-5,8-11,13,18H,6-7,12,14H2,1-3H3,(H,24,27)/t18-/m0/s1. The van der Waals surface area contributed by atoms with Crippen molar-refractivity contribution in [2.24, 2.45) is 0 Å². The van der Waals surface area contributed by atoms with Crippen LogP contribution in [0.15, 0.2) is 42.5 Å². The van der Waals surface area contributed by atoms with Crippen molar-refractivity contribution in [3.8, 4) is 0 Å². The number of hydrogen-bond donors (Lipinski definition) is 1. The van der Waals surface area contributed by atoms with Gasteiger partial charge in [-0.2, -0.15) is 0 Å². The molecule has 2 heterocycles. The summed E-state index contributed by atoms with van der Waals surface area (Å²) >= 11 is 0. The predicted molar refractivity (Wildman–Crippen MR) is 109 cm³/mol. The number of amides is 2. The third-order valence-corrected chi connectivity index (χ3v) is 5.50. The molecule has 0 aliphatic carbocycles. The van der Waals surface area contributed by atoms with Gasteiger partial charge < -0.3 is 14.8 Å². The number of para-hydroxylation sites is 2. The van der Waals surface area contributed by atoms with Crippen molar-refractivity contribution in [3.05, 3.63) is 59.4 Å². The highest BCUT2D eigenvalue weighted by Crippen LogP contribution is 2.24. The molecular formula is C22H26N4O. The van der Waals surface area contributed by atoms with Crippen molar-refractivity contribution in [3.63, 3.8) is 0 Å². The molecule has 1 N–H and O–H groups in total. The summed E-state index contributed by atoms with van der Waals surface area (Å²) in [6, 6.07) is 14.5. The fraction of sp³-hybridized carbons (Fsp3) is 0.364.